The molecule has 0 bridgehead atoms. The van der Waals surface area contributed by atoms with E-state index in [0.29, 0.717) is 12.8 Å². The predicted octanol–water partition coefficient (Wildman–Crippen LogP) is 0.961. The number of amides is 2. The van der Waals surface area contributed by atoms with Crippen LogP contribution in [0.1, 0.15) is 44.9 Å². The van der Waals surface area contributed by atoms with Crippen molar-refractivity contribution in [2.45, 2.75) is 51.0 Å². The van der Waals surface area contributed by atoms with E-state index in [0.717, 1.165) is 12.8 Å². The van der Waals surface area contributed by atoms with E-state index in [1.165, 1.54) is 19.3 Å². The Morgan fingerprint density at radius 3 is 2.75 bits per heavy atom. The molecule has 2 aliphatic rings. The number of nitrogens with one attached hydrogen (secondary N) is 2. The molecule has 2 N–H and O–H groups in total. The molecule has 1 atom stereocenters. The molecule has 2 rings (SSSR count). The van der Waals surface area contributed by atoms with Crippen LogP contribution in [0.2, 0.25) is 0 Å². The van der Waals surface area contributed by atoms with Crippen LogP contribution in [0.4, 0.5) is 0 Å². The predicted molar refractivity (Wildman–Crippen MR) is 60.7 cm³/mol. The lowest BCUT2D eigenvalue weighted by Gasteiger charge is -2.37. The van der Waals surface area contributed by atoms with Gasteiger partial charge in [-0.25, -0.2) is 0 Å². The lowest BCUT2D eigenvalue weighted by atomic mass is 9.68. The van der Waals surface area contributed by atoms with Gasteiger partial charge in [0.25, 0.3) is 0 Å². The van der Waals surface area contributed by atoms with E-state index in [2.05, 4.69) is 10.6 Å². The monoisotopic (exact) mass is 224 g/mol. The summed E-state index contributed by atoms with van der Waals surface area (Å²) in [5.41, 5.74) is 0.0713. The molecular formula is C12H20N2O2. The standard InChI is InChI=1S/C12H20N2O2/c1-13-10(15)7-9-12(8-11(16)14-9)5-3-2-4-6-12/h9H,2-8H2,1H3,(H,13,15)(H,14,16). The van der Waals surface area contributed by atoms with Crippen LogP contribution < -0.4 is 10.6 Å². The maximum atomic E-state index is 11.6. The topological polar surface area (TPSA) is 58.2 Å². The second kappa shape index (κ2) is 4.44. The van der Waals surface area contributed by atoms with Crippen molar-refractivity contribution in [2.75, 3.05) is 7.05 Å². The molecule has 16 heavy (non-hydrogen) atoms. The van der Waals surface area contributed by atoms with Crippen LogP contribution in [0.25, 0.3) is 0 Å². The Hall–Kier alpha value is -1.06. The summed E-state index contributed by atoms with van der Waals surface area (Å²) in [5.74, 6) is 0.146. The summed E-state index contributed by atoms with van der Waals surface area (Å²) in [6.07, 6.45) is 6.89. The first kappa shape index (κ1) is 11.4. The quantitative estimate of drug-likeness (QED) is 0.734. The Bertz CT molecular complexity index is 295. The summed E-state index contributed by atoms with van der Waals surface area (Å²) in [4.78, 5) is 23.0. The van der Waals surface area contributed by atoms with Crippen molar-refractivity contribution in [3.8, 4) is 0 Å². The fourth-order valence-corrected chi connectivity index (χ4v) is 3.18. The van der Waals surface area contributed by atoms with Gasteiger partial charge >= 0.3 is 0 Å². The minimum atomic E-state index is 0.0251. The Morgan fingerprint density at radius 1 is 1.44 bits per heavy atom. The largest absolute Gasteiger partial charge is 0.359 e. The van der Waals surface area contributed by atoms with Gasteiger partial charge in [0.05, 0.1) is 0 Å². The zero-order chi connectivity index (χ0) is 11.6. The van der Waals surface area contributed by atoms with Crippen molar-refractivity contribution in [3.05, 3.63) is 0 Å². The van der Waals surface area contributed by atoms with Crippen molar-refractivity contribution in [1.82, 2.24) is 10.6 Å². The minimum Gasteiger partial charge on any atom is -0.359 e. The van der Waals surface area contributed by atoms with E-state index in [9.17, 15) is 9.59 Å². The van der Waals surface area contributed by atoms with Crippen LogP contribution in [-0.2, 0) is 9.59 Å². The molecule has 0 aromatic rings. The second-order valence-electron chi connectivity index (χ2n) is 5.10. The smallest absolute Gasteiger partial charge is 0.221 e. The average Bonchev–Trinajstić information content (AvgIpc) is 2.56. The van der Waals surface area contributed by atoms with Crippen molar-refractivity contribution < 1.29 is 9.59 Å². The van der Waals surface area contributed by atoms with E-state index >= 15 is 0 Å². The van der Waals surface area contributed by atoms with E-state index < -0.39 is 0 Å². The maximum absolute atomic E-state index is 11.6. The number of carbonyl (C=O) groups is 2. The van der Waals surface area contributed by atoms with Crippen LogP contribution >= 0.6 is 0 Å². The van der Waals surface area contributed by atoms with Crippen molar-refractivity contribution >= 4 is 11.8 Å². The van der Waals surface area contributed by atoms with E-state index in [-0.39, 0.29) is 23.3 Å². The first-order valence-electron chi connectivity index (χ1n) is 6.16. The van der Waals surface area contributed by atoms with Gasteiger partial charge in [-0.2, -0.15) is 0 Å². The Labute approximate surface area is 96.2 Å². The van der Waals surface area contributed by atoms with Gasteiger partial charge < -0.3 is 10.6 Å². The molecule has 0 radical (unpaired) electrons. The lowest BCUT2D eigenvalue weighted by Crippen LogP contribution is -2.42. The molecule has 4 nitrogen and oxygen atoms in total. The summed E-state index contributed by atoms with van der Waals surface area (Å²) in [6.45, 7) is 0. The van der Waals surface area contributed by atoms with Gasteiger partial charge in [-0.1, -0.05) is 19.3 Å². The molecular weight excluding hydrogens is 204 g/mol. The highest BCUT2D eigenvalue weighted by Crippen LogP contribution is 2.46. The second-order valence-corrected chi connectivity index (χ2v) is 5.10. The van der Waals surface area contributed by atoms with Crippen molar-refractivity contribution in [3.63, 3.8) is 0 Å². The van der Waals surface area contributed by atoms with Gasteiger partial charge in [0.1, 0.15) is 0 Å². The molecule has 90 valence electrons. The third-order valence-electron chi connectivity index (χ3n) is 4.10. The molecule has 1 spiro atoms. The van der Waals surface area contributed by atoms with E-state index in [1.54, 1.807) is 7.05 Å². The normalized spacial score (nSPS) is 27.8. The average molecular weight is 224 g/mol. The van der Waals surface area contributed by atoms with Gasteiger partial charge in [-0.3, -0.25) is 9.59 Å². The molecule has 1 aliphatic heterocycles. The van der Waals surface area contributed by atoms with Gasteiger partial charge in [0.2, 0.25) is 11.8 Å². The molecule has 0 aromatic heterocycles. The van der Waals surface area contributed by atoms with Crippen LogP contribution in [-0.4, -0.2) is 24.9 Å². The molecule has 2 fully saturated rings. The molecule has 4 heteroatoms. The summed E-state index contributed by atoms with van der Waals surface area (Å²) in [6, 6.07) is 0.0558. The zero-order valence-corrected chi connectivity index (χ0v) is 9.84. The highest BCUT2D eigenvalue weighted by Gasteiger charge is 2.47. The van der Waals surface area contributed by atoms with Gasteiger partial charge in [-0.15, -0.1) is 0 Å². The summed E-state index contributed by atoms with van der Waals surface area (Å²) in [5, 5.41) is 5.62. The number of rotatable bonds is 2. The van der Waals surface area contributed by atoms with Crippen LogP contribution in [0.3, 0.4) is 0 Å². The third-order valence-corrected chi connectivity index (χ3v) is 4.10. The SMILES string of the molecule is CNC(=O)CC1NC(=O)CC12CCCCC2. The van der Waals surface area contributed by atoms with E-state index in [1.807, 2.05) is 0 Å². The van der Waals surface area contributed by atoms with Crippen molar-refractivity contribution in [1.29, 1.82) is 0 Å². The molecule has 1 aliphatic carbocycles. The third kappa shape index (κ3) is 2.06. The van der Waals surface area contributed by atoms with Gasteiger partial charge in [0.15, 0.2) is 0 Å². The summed E-state index contributed by atoms with van der Waals surface area (Å²) >= 11 is 0. The maximum Gasteiger partial charge on any atom is 0.221 e. The summed E-state index contributed by atoms with van der Waals surface area (Å²) < 4.78 is 0. The molecule has 1 saturated heterocycles. The summed E-state index contributed by atoms with van der Waals surface area (Å²) in [7, 11) is 1.65. The van der Waals surface area contributed by atoms with Crippen LogP contribution in [0.5, 0.6) is 0 Å². The Kier molecular flexibility index (Phi) is 3.17. The Morgan fingerprint density at radius 2 is 2.12 bits per heavy atom. The first-order chi connectivity index (χ1) is 7.66. The fourth-order valence-electron chi connectivity index (χ4n) is 3.18. The van der Waals surface area contributed by atoms with Crippen LogP contribution in [0, 0.1) is 5.41 Å². The molecule has 1 unspecified atom stereocenters. The highest BCUT2D eigenvalue weighted by atomic mass is 16.2. The lowest BCUT2D eigenvalue weighted by molar-refractivity contribution is -0.121. The van der Waals surface area contributed by atoms with E-state index in [4.69, 9.17) is 0 Å². The number of hydrogen-bond donors (Lipinski definition) is 2. The molecule has 0 aromatic carbocycles. The molecule has 1 saturated carbocycles. The number of hydrogen-bond acceptors (Lipinski definition) is 2. The fraction of sp³-hybridized carbons (Fsp3) is 0.833. The van der Waals surface area contributed by atoms with Crippen molar-refractivity contribution in [2.24, 2.45) is 5.41 Å². The van der Waals surface area contributed by atoms with Gasteiger partial charge in [-0.05, 0) is 18.3 Å². The Balaban J connectivity index is 2.08. The number of carbonyl (C=O) groups excluding carboxylic acids is 2. The first-order valence-corrected chi connectivity index (χ1v) is 6.16. The molecule has 2 amide bonds. The highest BCUT2D eigenvalue weighted by molar-refractivity contribution is 5.83. The zero-order valence-electron chi connectivity index (χ0n) is 9.84. The van der Waals surface area contributed by atoms with Gasteiger partial charge in [0, 0.05) is 25.9 Å². The van der Waals surface area contributed by atoms with Crippen LogP contribution in [0.15, 0.2) is 0 Å². The minimum absolute atomic E-state index is 0.0251. The molecule has 1 heterocycles.